The lowest BCUT2D eigenvalue weighted by atomic mass is 10.0. The Kier molecular flexibility index (Phi) is 8.75. The van der Waals surface area contributed by atoms with Gasteiger partial charge in [0.2, 0.25) is 5.95 Å². The van der Waals surface area contributed by atoms with Gasteiger partial charge in [-0.05, 0) is 63.5 Å². The Labute approximate surface area is 240 Å². The van der Waals surface area contributed by atoms with Crippen molar-refractivity contribution in [2.45, 2.75) is 44.0 Å². The molecule has 2 aliphatic heterocycles. The topological polar surface area (TPSA) is 94.7 Å². The first-order chi connectivity index (χ1) is 19.3. The van der Waals surface area contributed by atoms with Crippen LogP contribution in [-0.4, -0.2) is 71.7 Å². The lowest BCUT2D eigenvalue weighted by Gasteiger charge is -2.36. The standard InChI is InChI=1S/C30H41N7O2S/c1-20(2)19-40(38)27-9-7-6-8-25(27)32-29-23-12-15-31-28(23)34-30(35-29)33-24-11-10-22(18-26(24)39-5)37-16-13-21(14-17-37)36(3)4/h6-11,18,20-21H,12-17,19H2,1-5H3,(H3,31,32,33,34,35). The van der Waals surface area contributed by atoms with Crippen molar-refractivity contribution in [3.8, 4) is 5.75 Å². The molecule has 3 heterocycles. The molecule has 0 radical (unpaired) electrons. The molecule has 0 saturated carbocycles. The summed E-state index contributed by atoms with van der Waals surface area (Å²) in [6.07, 6.45) is 3.11. The van der Waals surface area contributed by atoms with Gasteiger partial charge in [0.15, 0.2) is 0 Å². The van der Waals surface area contributed by atoms with Crippen molar-refractivity contribution in [3.63, 3.8) is 0 Å². The zero-order chi connectivity index (χ0) is 28.2. The minimum atomic E-state index is -1.11. The van der Waals surface area contributed by atoms with Crippen molar-refractivity contribution < 1.29 is 8.95 Å². The maximum atomic E-state index is 13.1. The van der Waals surface area contributed by atoms with Crippen LogP contribution in [0.15, 0.2) is 47.4 Å². The predicted octanol–water partition coefficient (Wildman–Crippen LogP) is 5.23. The summed E-state index contributed by atoms with van der Waals surface area (Å²) in [5.41, 5.74) is 3.79. The van der Waals surface area contributed by atoms with Crippen molar-refractivity contribution in [1.82, 2.24) is 14.9 Å². The largest absolute Gasteiger partial charge is 0.494 e. The van der Waals surface area contributed by atoms with Crippen LogP contribution in [-0.2, 0) is 17.2 Å². The predicted molar refractivity (Wildman–Crippen MR) is 165 cm³/mol. The number of methoxy groups -OCH3 is 1. The number of nitrogens with zero attached hydrogens (tertiary/aromatic N) is 4. The third-order valence-corrected chi connectivity index (χ3v) is 9.35. The van der Waals surface area contributed by atoms with Crippen LogP contribution in [0.3, 0.4) is 0 Å². The first-order valence-electron chi connectivity index (χ1n) is 14.1. The molecule has 1 fully saturated rings. The minimum absolute atomic E-state index is 0.337. The van der Waals surface area contributed by atoms with Crippen molar-refractivity contribution >= 4 is 45.4 Å². The van der Waals surface area contributed by atoms with E-state index in [0.717, 1.165) is 78.0 Å². The number of rotatable bonds is 10. The van der Waals surface area contributed by atoms with E-state index in [4.69, 9.17) is 14.7 Å². The van der Waals surface area contributed by atoms with Crippen LogP contribution in [0.5, 0.6) is 5.75 Å². The number of hydrogen-bond donors (Lipinski definition) is 3. The van der Waals surface area contributed by atoms with Gasteiger partial charge in [-0.1, -0.05) is 26.0 Å². The summed E-state index contributed by atoms with van der Waals surface area (Å²) in [5, 5.41) is 10.2. The van der Waals surface area contributed by atoms with Gasteiger partial charge in [-0.15, -0.1) is 0 Å². The SMILES string of the molecule is COc1cc(N2CCC(N(C)C)CC2)ccc1Nc1nc2c(c(Nc3ccccc3S(=O)CC(C)C)n1)CCN2. The molecule has 1 aromatic heterocycles. The molecule has 5 rings (SSSR count). The number of benzene rings is 2. The molecule has 1 atom stereocenters. The maximum absolute atomic E-state index is 13.1. The van der Waals surface area contributed by atoms with Gasteiger partial charge in [0, 0.05) is 48.7 Å². The number of hydrogen-bond acceptors (Lipinski definition) is 9. The average Bonchev–Trinajstić information content (AvgIpc) is 3.42. The van der Waals surface area contributed by atoms with E-state index in [1.807, 2.05) is 30.3 Å². The number of piperidine rings is 1. The summed E-state index contributed by atoms with van der Waals surface area (Å²) < 4.78 is 18.8. The molecule has 3 aromatic rings. The second kappa shape index (κ2) is 12.4. The molecule has 2 aliphatic rings. The molecule has 40 heavy (non-hydrogen) atoms. The van der Waals surface area contributed by atoms with E-state index >= 15 is 0 Å². The maximum Gasteiger partial charge on any atom is 0.231 e. The van der Waals surface area contributed by atoms with Crippen molar-refractivity contribution in [1.29, 1.82) is 0 Å². The number of anilines is 6. The molecule has 10 heteroatoms. The van der Waals surface area contributed by atoms with Gasteiger partial charge in [-0.3, -0.25) is 4.21 Å². The highest BCUT2D eigenvalue weighted by atomic mass is 32.2. The molecule has 214 valence electrons. The quantitative estimate of drug-likeness (QED) is 0.306. The summed E-state index contributed by atoms with van der Waals surface area (Å²) in [5.74, 6) is 3.68. The highest BCUT2D eigenvalue weighted by molar-refractivity contribution is 7.85. The Bertz CT molecular complexity index is 1360. The lowest BCUT2D eigenvalue weighted by Crippen LogP contribution is -2.41. The van der Waals surface area contributed by atoms with Gasteiger partial charge < -0.3 is 30.5 Å². The van der Waals surface area contributed by atoms with Crippen LogP contribution < -0.4 is 25.6 Å². The van der Waals surface area contributed by atoms with Gasteiger partial charge in [-0.25, -0.2) is 0 Å². The molecule has 0 aliphatic carbocycles. The van der Waals surface area contributed by atoms with E-state index < -0.39 is 10.8 Å². The van der Waals surface area contributed by atoms with Gasteiger partial charge in [0.05, 0.1) is 34.2 Å². The Morgan fingerprint density at radius 3 is 2.60 bits per heavy atom. The fourth-order valence-corrected chi connectivity index (χ4v) is 6.74. The van der Waals surface area contributed by atoms with Crippen LogP contribution in [0.2, 0.25) is 0 Å². The van der Waals surface area contributed by atoms with Gasteiger partial charge >= 0.3 is 0 Å². The van der Waals surface area contributed by atoms with Crippen molar-refractivity contribution in [3.05, 3.63) is 48.0 Å². The Morgan fingerprint density at radius 2 is 1.88 bits per heavy atom. The van der Waals surface area contributed by atoms with Gasteiger partial charge in [0.1, 0.15) is 17.4 Å². The first-order valence-corrected chi connectivity index (χ1v) is 15.4. The molecular weight excluding hydrogens is 522 g/mol. The molecule has 0 spiro atoms. The average molecular weight is 564 g/mol. The molecule has 9 nitrogen and oxygen atoms in total. The number of fused-ring (bicyclic) bond motifs is 1. The van der Waals surface area contributed by atoms with Crippen LogP contribution in [0.1, 0.15) is 32.3 Å². The third-order valence-electron chi connectivity index (χ3n) is 7.54. The highest BCUT2D eigenvalue weighted by Gasteiger charge is 2.23. The molecule has 1 unspecified atom stereocenters. The summed E-state index contributed by atoms with van der Waals surface area (Å²) in [4.78, 5) is 15.2. The Hall–Kier alpha value is -3.37. The summed E-state index contributed by atoms with van der Waals surface area (Å²) in [6, 6.07) is 14.7. The van der Waals surface area contributed by atoms with E-state index in [1.165, 1.54) is 0 Å². The number of para-hydroxylation sites is 1. The van der Waals surface area contributed by atoms with Gasteiger partial charge in [0.25, 0.3) is 0 Å². The Morgan fingerprint density at radius 1 is 1.10 bits per heavy atom. The Balaban J connectivity index is 1.38. The molecule has 0 amide bonds. The second-order valence-electron chi connectivity index (χ2n) is 11.1. The summed E-state index contributed by atoms with van der Waals surface area (Å²) >= 11 is 0. The van der Waals surface area contributed by atoms with Crippen LogP contribution >= 0.6 is 0 Å². The van der Waals surface area contributed by atoms with E-state index in [-0.39, 0.29) is 0 Å². The zero-order valence-corrected chi connectivity index (χ0v) is 25.0. The smallest absolute Gasteiger partial charge is 0.231 e. The number of aromatic nitrogens is 2. The van der Waals surface area contributed by atoms with Crippen LogP contribution in [0, 0.1) is 5.92 Å². The fourth-order valence-electron chi connectivity index (χ4n) is 5.36. The van der Waals surface area contributed by atoms with E-state index in [0.29, 0.717) is 29.5 Å². The van der Waals surface area contributed by atoms with Crippen molar-refractivity contribution in [2.24, 2.45) is 5.92 Å². The van der Waals surface area contributed by atoms with Crippen molar-refractivity contribution in [2.75, 3.05) is 67.4 Å². The van der Waals surface area contributed by atoms with E-state index in [1.54, 1.807) is 7.11 Å². The molecule has 2 aromatic carbocycles. The van der Waals surface area contributed by atoms with Gasteiger partial charge in [-0.2, -0.15) is 9.97 Å². The van der Waals surface area contributed by atoms with E-state index in [2.05, 4.69) is 65.8 Å². The fraction of sp³-hybridized carbons (Fsp3) is 0.467. The first kappa shape index (κ1) is 28.2. The molecule has 0 bridgehead atoms. The van der Waals surface area contributed by atoms with Crippen LogP contribution in [0.4, 0.5) is 34.6 Å². The molecular formula is C30H41N7O2S. The van der Waals surface area contributed by atoms with Crippen LogP contribution in [0.25, 0.3) is 0 Å². The lowest BCUT2D eigenvalue weighted by molar-refractivity contribution is 0.249. The molecule has 1 saturated heterocycles. The summed E-state index contributed by atoms with van der Waals surface area (Å²) in [6.45, 7) is 7.02. The monoisotopic (exact) mass is 563 g/mol. The third kappa shape index (κ3) is 6.33. The normalized spacial score (nSPS) is 16.1. The number of ether oxygens (including phenoxy) is 1. The summed E-state index contributed by atoms with van der Waals surface area (Å²) in [7, 11) is 4.90. The number of nitrogens with one attached hydrogen (secondary N) is 3. The van der Waals surface area contributed by atoms with E-state index in [9.17, 15) is 4.21 Å². The molecule has 3 N–H and O–H groups in total. The second-order valence-corrected chi connectivity index (χ2v) is 12.6. The highest BCUT2D eigenvalue weighted by Crippen LogP contribution is 2.36. The zero-order valence-electron chi connectivity index (χ0n) is 24.2. The minimum Gasteiger partial charge on any atom is -0.494 e.